The number of carbonyl (C=O) groups excluding carboxylic acids is 2. The van der Waals surface area contributed by atoms with Gasteiger partial charge in [-0.1, -0.05) is 41.4 Å². The van der Waals surface area contributed by atoms with Crippen molar-refractivity contribution in [2.24, 2.45) is 0 Å². The lowest BCUT2D eigenvalue weighted by atomic mass is 9.99. The zero-order valence-electron chi connectivity index (χ0n) is 12.3. The Morgan fingerprint density at radius 3 is 2.67 bits per heavy atom. The van der Waals surface area contributed by atoms with Crippen molar-refractivity contribution in [3.05, 3.63) is 34.3 Å². The van der Waals surface area contributed by atoms with E-state index in [1.807, 2.05) is 24.3 Å². The summed E-state index contributed by atoms with van der Waals surface area (Å²) in [5.41, 5.74) is 1.06. The van der Waals surface area contributed by atoms with Crippen molar-refractivity contribution in [2.75, 3.05) is 7.11 Å². The maximum absolute atomic E-state index is 12.3. The molecule has 0 saturated carbocycles. The Morgan fingerprint density at radius 2 is 2.10 bits per heavy atom. The summed E-state index contributed by atoms with van der Waals surface area (Å²) in [5.74, 6) is -0.286. The van der Waals surface area contributed by atoms with Crippen molar-refractivity contribution in [1.29, 1.82) is 0 Å². The van der Waals surface area contributed by atoms with Crippen LogP contribution in [-0.4, -0.2) is 29.9 Å². The van der Waals surface area contributed by atoms with Gasteiger partial charge in [0.1, 0.15) is 6.04 Å². The largest absolute Gasteiger partial charge is 0.467 e. The Balaban J connectivity index is 2.33. The maximum atomic E-state index is 12.3. The first-order chi connectivity index (χ1) is 10.1. The van der Waals surface area contributed by atoms with Crippen molar-refractivity contribution < 1.29 is 14.3 Å². The Labute approximate surface area is 133 Å². The Kier molecular flexibility index (Phi) is 5.39. The number of halogens is 1. The third-order valence-corrected chi connectivity index (χ3v) is 4.41. The van der Waals surface area contributed by atoms with Crippen molar-refractivity contribution in [3.8, 4) is 0 Å². The highest BCUT2D eigenvalue weighted by molar-refractivity contribution is 9.10. The minimum absolute atomic E-state index is 0.0340. The molecule has 21 heavy (non-hydrogen) atoms. The molecule has 0 aliphatic carbocycles. The van der Waals surface area contributed by atoms with Gasteiger partial charge in [-0.25, -0.2) is 4.79 Å². The zero-order chi connectivity index (χ0) is 15.4. The van der Waals surface area contributed by atoms with Gasteiger partial charge in [0.15, 0.2) is 0 Å². The molecule has 1 amide bonds. The van der Waals surface area contributed by atoms with E-state index in [0.29, 0.717) is 12.8 Å². The molecule has 114 valence electrons. The Hall–Kier alpha value is -1.36. The topological polar surface area (TPSA) is 46.6 Å². The highest BCUT2D eigenvalue weighted by atomic mass is 79.9. The summed E-state index contributed by atoms with van der Waals surface area (Å²) in [5, 5.41) is 0. The van der Waals surface area contributed by atoms with Crippen LogP contribution >= 0.6 is 15.9 Å². The lowest BCUT2D eigenvalue weighted by Gasteiger charge is -2.32. The van der Waals surface area contributed by atoms with Crippen LogP contribution in [0.5, 0.6) is 0 Å². The normalized spacial score (nSPS) is 19.7. The quantitative estimate of drug-likeness (QED) is 0.761. The van der Waals surface area contributed by atoms with Gasteiger partial charge in [0, 0.05) is 10.9 Å². The molecular weight excluding hydrogens is 334 g/mol. The molecule has 1 aliphatic heterocycles. The third kappa shape index (κ3) is 3.46. The first kappa shape index (κ1) is 16.0. The zero-order valence-corrected chi connectivity index (χ0v) is 13.9. The number of methoxy groups -OCH3 is 1. The first-order valence-corrected chi connectivity index (χ1v) is 8.02. The van der Waals surface area contributed by atoms with E-state index in [4.69, 9.17) is 4.74 Å². The number of rotatable bonds is 5. The molecule has 0 bridgehead atoms. The summed E-state index contributed by atoms with van der Waals surface area (Å²) >= 11 is 3.42. The van der Waals surface area contributed by atoms with Crippen LogP contribution in [0.1, 0.15) is 44.2 Å². The predicted octanol–water partition coefficient (Wildman–Crippen LogP) is 3.45. The summed E-state index contributed by atoms with van der Waals surface area (Å²) in [6.45, 7) is 2.08. The van der Waals surface area contributed by atoms with Crippen molar-refractivity contribution in [2.45, 2.75) is 44.7 Å². The standard InChI is InChI=1S/C16H20BrNO3/c1-3-4-13(11-5-7-12(17)8-6-11)18-14(16(20)21-2)9-10-15(18)19/h5-8,13-14H,3-4,9-10H2,1-2H3. The van der Waals surface area contributed by atoms with Gasteiger partial charge < -0.3 is 9.64 Å². The van der Waals surface area contributed by atoms with Crippen LogP contribution in [0.3, 0.4) is 0 Å². The van der Waals surface area contributed by atoms with Gasteiger partial charge in [-0.15, -0.1) is 0 Å². The average Bonchev–Trinajstić information content (AvgIpc) is 2.87. The van der Waals surface area contributed by atoms with E-state index in [0.717, 1.165) is 22.9 Å². The molecule has 0 spiro atoms. The molecule has 1 aromatic carbocycles. The van der Waals surface area contributed by atoms with Gasteiger partial charge in [-0.2, -0.15) is 0 Å². The van der Waals surface area contributed by atoms with Crippen molar-refractivity contribution in [3.63, 3.8) is 0 Å². The third-order valence-electron chi connectivity index (χ3n) is 3.88. The van der Waals surface area contributed by atoms with Crippen LogP contribution in [0, 0.1) is 0 Å². The first-order valence-electron chi connectivity index (χ1n) is 7.23. The molecule has 5 heteroatoms. The summed E-state index contributed by atoms with van der Waals surface area (Å²) in [6, 6.07) is 7.41. The Morgan fingerprint density at radius 1 is 1.43 bits per heavy atom. The molecule has 0 N–H and O–H groups in total. The molecule has 1 aromatic rings. The van der Waals surface area contributed by atoms with Gasteiger partial charge >= 0.3 is 5.97 Å². The summed E-state index contributed by atoms with van der Waals surface area (Å²) < 4.78 is 5.85. The maximum Gasteiger partial charge on any atom is 0.328 e. The molecule has 2 unspecified atom stereocenters. The number of carbonyl (C=O) groups is 2. The lowest BCUT2D eigenvalue weighted by molar-refractivity contribution is -0.151. The van der Waals surface area contributed by atoms with E-state index in [1.54, 1.807) is 4.90 Å². The molecule has 2 atom stereocenters. The van der Waals surface area contributed by atoms with Gasteiger partial charge in [0.05, 0.1) is 13.2 Å². The number of likely N-dealkylation sites (tertiary alicyclic amines) is 1. The predicted molar refractivity (Wildman–Crippen MR) is 83.7 cm³/mol. The number of benzene rings is 1. The number of hydrogen-bond donors (Lipinski definition) is 0. The Bertz CT molecular complexity index is 515. The highest BCUT2D eigenvalue weighted by Gasteiger charge is 2.41. The molecule has 1 saturated heterocycles. The van der Waals surface area contributed by atoms with Crippen molar-refractivity contribution >= 4 is 27.8 Å². The number of nitrogens with zero attached hydrogens (tertiary/aromatic N) is 1. The van der Waals surface area contributed by atoms with Gasteiger partial charge in [0.2, 0.25) is 5.91 Å². The van der Waals surface area contributed by atoms with E-state index in [2.05, 4.69) is 22.9 Å². The smallest absolute Gasteiger partial charge is 0.328 e. The molecule has 2 rings (SSSR count). The summed E-state index contributed by atoms with van der Waals surface area (Å²) in [6.07, 6.45) is 2.73. The highest BCUT2D eigenvalue weighted by Crippen LogP contribution is 2.34. The second kappa shape index (κ2) is 7.07. The fraction of sp³-hybridized carbons (Fsp3) is 0.500. The van der Waals surface area contributed by atoms with Crippen LogP contribution in [0.4, 0.5) is 0 Å². The lowest BCUT2D eigenvalue weighted by Crippen LogP contribution is -2.41. The monoisotopic (exact) mass is 353 g/mol. The number of esters is 1. The van der Waals surface area contributed by atoms with E-state index in [1.165, 1.54) is 7.11 Å². The molecule has 1 heterocycles. The van der Waals surface area contributed by atoms with Crippen LogP contribution in [0.15, 0.2) is 28.7 Å². The van der Waals surface area contributed by atoms with Crippen LogP contribution < -0.4 is 0 Å². The second-order valence-corrected chi connectivity index (χ2v) is 6.15. The molecule has 1 aliphatic rings. The minimum Gasteiger partial charge on any atom is -0.467 e. The van der Waals surface area contributed by atoms with Gasteiger partial charge in [-0.3, -0.25) is 4.79 Å². The number of ether oxygens (including phenoxy) is 1. The van der Waals surface area contributed by atoms with E-state index >= 15 is 0 Å². The second-order valence-electron chi connectivity index (χ2n) is 5.23. The summed E-state index contributed by atoms with van der Waals surface area (Å²) in [4.78, 5) is 25.9. The molecular formula is C16H20BrNO3. The molecule has 4 nitrogen and oxygen atoms in total. The molecule has 1 fully saturated rings. The van der Waals surface area contributed by atoms with E-state index in [9.17, 15) is 9.59 Å². The number of hydrogen-bond acceptors (Lipinski definition) is 3. The molecule has 0 radical (unpaired) electrons. The molecule has 0 aromatic heterocycles. The average molecular weight is 354 g/mol. The minimum atomic E-state index is -0.456. The van der Waals surface area contributed by atoms with Crippen LogP contribution in [0.25, 0.3) is 0 Å². The van der Waals surface area contributed by atoms with Gasteiger partial charge in [0.25, 0.3) is 0 Å². The van der Waals surface area contributed by atoms with Gasteiger partial charge in [-0.05, 0) is 30.5 Å². The van der Waals surface area contributed by atoms with E-state index in [-0.39, 0.29) is 17.9 Å². The fourth-order valence-electron chi connectivity index (χ4n) is 2.89. The van der Waals surface area contributed by atoms with E-state index < -0.39 is 6.04 Å². The SMILES string of the molecule is CCCC(c1ccc(Br)cc1)N1C(=O)CCC1C(=O)OC. The van der Waals surface area contributed by atoms with Crippen LogP contribution in [-0.2, 0) is 14.3 Å². The van der Waals surface area contributed by atoms with Crippen molar-refractivity contribution in [1.82, 2.24) is 4.90 Å². The van der Waals surface area contributed by atoms with Crippen LogP contribution in [0.2, 0.25) is 0 Å². The number of amides is 1. The summed E-state index contributed by atoms with van der Waals surface area (Å²) in [7, 11) is 1.37. The fourth-order valence-corrected chi connectivity index (χ4v) is 3.15.